The number of hydrogen-bond acceptors (Lipinski definition) is 4. The maximum Gasteiger partial charge on any atom is 0.247 e. The molecule has 1 saturated carbocycles. The van der Waals surface area contributed by atoms with Gasteiger partial charge in [-0.05, 0) is 60.2 Å². The Hall–Kier alpha value is -3.82. The van der Waals surface area contributed by atoms with Crippen molar-refractivity contribution in [2.45, 2.75) is 49.2 Å². The molecule has 0 saturated heterocycles. The van der Waals surface area contributed by atoms with Crippen molar-refractivity contribution in [2.24, 2.45) is 0 Å². The molecule has 3 aromatic rings. The van der Waals surface area contributed by atoms with Crippen LogP contribution in [0.3, 0.4) is 0 Å². The minimum absolute atomic E-state index is 0.0145. The van der Waals surface area contributed by atoms with E-state index in [1.165, 1.54) is 29.2 Å². The van der Waals surface area contributed by atoms with E-state index in [0.717, 1.165) is 18.4 Å². The number of carbonyl (C=O) groups excluding carboxylic acids is 2. The zero-order chi connectivity index (χ0) is 27.8. The zero-order valence-electron chi connectivity index (χ0n) is 21.6. The van der Waals surface area contributed by atoms with E-state index >= 15 is 0 Å². The molecule has 2 amide bonds. The van der Waals surface area contributed by atoms with Crippen molar-refractivity contribution in [3.05, 3.63) is 114 Å². The van der Waals surface area contributed by atoms with Gasteiger partial charge in [-0.1, -0.05) is 60.7 Å². The first-order valence-corrected chi connectivity index (χ1v) is 14.3. The van der Waals surface area contributed by atoms with E-state index in [-0.39, 0.29) is 42.3 Å². The van der Waals surface area contributed by atoms with E-state index in [9.17, 15) is 22.4 Å². The van der Waals surface area contributed by atoms with Crippen LogP contribution in [-0.2, 0) is 32.6 Å². The Kier molecular flexibility index (Phi) is 9.27. The molecule has 1 aliphatic rings. The number of amides is 2. The lowest BCUT2D eigenvalue weighted by molar-refractivity contribution is -0.141. The third-order valence-corrected chi connectivity index (χ3v) is 7.98. The molecule has 204 valence electrons. The Morgan fingerprint density at radius 3 is 2.23 bits per heavy atom. The van der Waals surface area contributed by atoms with Crippen LogP contribution in [0, 0.1) is 5.82 Å². The van der Waals surface area contributed by atoms with E-state index < -0.39 is 21.9 Å². The average Bonchev–Trinajstić information content (AvgIpc) is 3.75. The van der Waals surface area contributed by atoms with Gasteiger partial charge in [0.05, 0.1) is 4.90 Å². The van der Waals surface area contributed by atoms with Gasteiger partial charge in [0.15, 0.2) is 0 Å². The molecule has 2 N–H and O–H groups in total. The summed E-state index contributed by atoms with van der Waals surface area (Å²) < 4.78 is 41.1. The van der Waals surface area contributed by atoms with Gasteiger partial charge < -0.3 is 10.2 Å². The minimum atomic E-state index is -3.56. The van der Waals surface area contributed by atoms with E-state index in [2.05, 4.69) is 16.6 Å². The Morgan fingerprint density at radius 1 is 0.974 bits per heavy atom. The Bertz CT molecular complexity index is 1390. The lowest BCUT2D eigenvalue weighted by atomic mass is 10.0. The number of aryl methyl sites for hydroxylation is 1. The van der Waals surface area contributed by atoms with Crippen molar-refractivity contribution in [1.29, 1.82) is 0 Å². The summed E-state index contributed by atoms with van der Waals surface area (Å²) in [6.45, 7) is 3.99. The number of halogens is 1. The molecule has 4 rings (SSSR count). The van der Waals surface area contributed by atoms with Crippen LogP contribution in [0.2, 0.25) is 0 Å². The smallest absolute Gasteiger partial charge is 0.247 e. The van der Waals surface area contributed by atoms with Crippen LogP contribution in [0.1, 0.15) is 42.0 Å². The molecule has 0 aromatic heterocycles. The third-order valence-electron chi connectivity index (χ3n) is 6.44. The second-order valence-corrected chi connectivity index (χ2v) is 11.2. The average molecular weight is 550 g/mol. The summed E-state index contributed by atoms with van der Waals surface area (Å²) in [6, 6.07) is 20.4. The third kappa shape index (κ3) is 7.84. The quantitative estimate of drug-likeness (QED) is 0.311. The SMILES string of the molecule is C=CCNC(=O)[C@H](c1ccccc1)N(Cc1ccc(F)cc1)C(=O)CCc1ccc(S(=O)(=O)NC2CC2)cc1. The highest BCUT2D eigenvalue weighted by molar-refractivity contribution is 7.89. The molecule has 0 unspecified atom stereocenters. The highest BCUT2D eigenvalue weighted by Gasteiger charge is 2.31. The minimum Gasteiger partial charge on any atom is -0.351 e. The number of benzene rings is 3. The lowest BCUT2D eigenvalue weighted by Crippen LogP contribution is -2.43. The summed E-state index contributed by atoms with van der Waals surface area (Å²) >= 11 is 0. The van der Waals surface area contributed by atoms with Gasteiger partial charge in [0, 0.05) is 25.6 Å². The van der Waals surface area contributed by atoms with Gasteiger partial charge in [-0.25, -0.2) is 17.5 Å². The van der Waals surface area contributed by atoms with Crippen molar-refractivity contribution >= 4 is 21.8 Å². The van der Waals surface area contributed by atoms with Gasteiger partial charge in [0.2, 0.25) is 21.8 Å². The molecule has 1 fully saturated rings. The van der Waals surface area contributed by atoms with Crippen LogP contribution < -0.4 is 10.0 Å². The second kappa shape index (κ2) is 12.8. The van der Waals surface area contributed by atoms with Crippen molar-refractivity contribution in [3.63, 3.8) is 0 Å². The van der Waals surface area contributed by atoms with Crippen molar-refractivity contribution in [1.82, 2.24) is 14.9 Å². The first-order chi connectivity index (χ1) is 18.8. The fraction of sp³-hybridized carbons (Fsp3) is 0.267. The lowest BCUT2D eigenvalue weighted by Gasteiger charge is -2.31. The van der Waals surface area contributed by atoms with Crippen LogP contribution >= 0.6 is 0 Å². The fourth-order valence-corrected chi connectivity index (χ4v) is 5.51. The van der Waals surface area contributed by atoms with E-state index in [0.29, 0.717) is 17.5 Å². The molecule has 1 aliphatic carbocycles. The maximum atomic E-state index is 13.7. The number of hydrogen-bond donors (Lipinski definition) is 2. The van der Waals surface area contributed by atoms with Gasteiger partial charge in [-0.15, -0.1) is 6.58 Å². The second-order valence-electron chi connectivity index (χ2n) is 9.53. The predicted molar refractivity (Wildman–Crippen MR) is 147 cm³/mol. The molecule has 39 heavy (non-hydrogen) atoms. The largest absolute Gasteiger partial charge is 0.351 e. The first kappa shape index (κ1) is 28.2. The summed E-state index contributed by atoms with van der Waals surface area (Å²) in [6.07, 6.45) is 3.71. The predicted octanol–water partition coefficient (Wildman–Crippen LogP) is 4.27. The normalized spacial score (nSPS) is 13.9. The molecule has 1 atom stereocenters. The maximum absolute atomic E-state index is 13.7. The molecule has 7 nitrogen and oxygen atoms in total. The number of rotatable bonds is 13. The van der Waals surface area contributed by atoms with E-state index in [1.54, 1.807) is 54.6 Å². The van der Waals surface area contributed by atoms with Crippen LogP contribution in [-0.4, -0.2) is 37.7 Å². The Morgan fingerprint density at radius 2 is 1.62 bits per heavy atom. The van der Waals surface area contributed by atoms with E-state index in [4.69, 9.17) is 0 Å². The van der Waals surface area contributed by atoms with Gasteiger partial charge in [-0.2, -0.15) is 0 Å². The summed E-state index contributed by atoms with van der Waals surface area (Å²) in [5.41, 5.74) is 2.12. The molecule has 0 heterocycles. The summed E-state index contributed by atoms with van der Waals surface area (Å²) in [4.78, 5) is 28.7. The zero-order valence-corrected chi connectivity index (χ0v) is 22.4. The van der Waals surface area contributed by atoms with Gasteiger partial charge in [0.1, 0.15) is 11.9 Å². The van der Waals surface area contributed by atoms with Crippen molar-refractivity contribution in [2.75, 3.05) is 6.54 Å². The molecule has 0 aliphatic heterocycles. The number of nitrogens with zero attached hydrogens (tertiary/aromatic N) is 1. The standard InChI is InChI=1S/C30H32FN3O4S/c1-2-20-32-30(36)29(24-6-4-3-5-7-24)34(21-23-8-13-25(31)14-9-23)28(35)19-12-22-10-17-27(18-11-22)39(37,38)33-26-15-16-26/h2-11,13-14,17-18,26,29,33H,1,12,15-16,19-21H2,(H,32,36)/t29-/m0/s1. The molecule has 0 radical (unpaired) electrons. The van der Waals surface area contributed by atoms with E-state index in [1.807, 2.05) is 6.07 Å². The summed E-state index contributed by atoms with van der Waals surface area (Å²) in [5, 5.41) is 2.80. The fourth-order valence-electron chi connectivity index (χ4n) is 4.21. The first-order valence-electron chi connectivity index (χ1n) is 12.9. The van der Waals surface area contributed by atoms with Crippen LogP contribution in [0.15, 0.2) is 96.4 Å². The molecule has 0 bridgehead atoms. The van der Waals surface area contributed by atoms with Crippen LogP contribution in [0.5, 0.6) is 0 Å². The number of carbonyl (C=O) groups is 2. The topological polar surface area (TPSA) is 95.6 Å². The van der Waals surface area contributed by atoms with Crippen LogP contribution in [0.4, 0.5) is 4.39 Å². The monoisotopic (exact) mass is 549 g/mol. The Labute approximate surface area is 228 Å². The molecular formula is C30H32FN3O4S. The Balaban J connectivity index is 1.55. The summed E-state index contributed by atoms with van der Waals surface area (Å²) in [5.74, 6) is -1.01. The molecule has 9 heteroatoms. The molecule has 3 aromatic carbocycles. The van der Waals surface area contributed by atoms with Crippen molar-refractivity contribution < 1.29 is 22.4 Å². The molecule has 0 spiro atoms. The number of sulfonamides is 1. The van der Waals surface area contributed by atoms with Crippen molar-refractivity contribution in [3.8, 4) is 0 Å². The van der Waals surface area contributed by atoms with Gasteiger partial charge >= 0.3 is 0 Å². The molecular weight excluding hydrogens is 517 g/mol. The summed E-state index contributed by atoms with van der Waals surface area (Å²) in [7, 11) is -3.56. The highest BCUT2D eigenvalue weighted by Crippen LogP contribution is 2.26. The van der Waals surface area contributed by atoms with Gasteiger partial charge in [-0.3, -0.25) is 9.59 Å². The number of nitrogens with one attached hydrogen (secondary N) is 2. The van der Waals surface area contributed by atoms with Crippen LogP contribution in [0.25, 0.3) is 0 Å². The van der Waals surface area contributed by atoms with Gasteiger partial charge in [0.25, 0.3) is 0 Å². The highest BCUT2D eigenvalue weighted by atomic mass is 32.2.